The molecule has 0 spiro atoms. The third-order valence-electron chi connectivity index (χ3n) is 1.89. The van der Waals surface area contributed by atoms with Gasteiger partial charge in [0.05, 0.1) is 0 Å². The average molecular weight is 226 g/mol. The molecule has 0 heterocycles. The summed E-state index contributed by atoms with van der Waals surface area (Å²) in [7, 11) is 0. The van der Waals surface area contributed by atoms with Gasteiger partial charge in [-0.25, -0.2) is 0 Å². The Labute approximate surface area is 93.4 Å². The number of carbonyl (C=O) groups is 2. The Hall–Kier alpha value is -1.35. The molecule has 0 fully saturated rings. The van der Waals surface area contributed by atoms with Crippen molar-refractivity contribution in [1.82, 2.24) is 5.32 Å². The molecule has 1 rings (SSSR count). The Kier molecular flexibility index (Phi) is 4.31. The summed E-state index contributed by atoms with van der Waals surface area (Å²) in [4.78, 5) is 22.5. The zero-order valence-corrected chi connectivity index (χ0v) is 9.17. The van der Waals surface area contributed by atoms with Crippen molar-refractivity contribution < 1.29 is 9.59 Å². The fourth-order valence-corrected chi connectivity index (χ4v) is 1.22. The summed E-state index contributed by atoms with van der Waals surface area (Å²) >= 11 is 5.37. The van der Waals surface area contributed by atoms with E-state index in [1.54, 1.807) is 12.1 Å². The molecule has 0 atom stereocenters. The van der Waals surface area contributed by atoms with E-state index in [1.165, 1.54) is 0 Å². The second kappa shape index (κ2) is 5.51. The van der Waals surface area contributed by atoms with Crippen LogP contribution in [0.25, 0.3) is 0 Å². The molecule has 15 heavy (non-hydrogen) atoms. The van der Waals surface area contributed by atoms with E-state index in [0.29, 0.717) is 5.56 Å². The molecule has 1 aromatic carbocycles. The van der Waals surface area contributed by atoms with Crippen molar-refractivity contribution >= 4 is 23.4 Å². The van der Waals surface area contributed by atoms with E-state index >= 15 is 0 Å². The molecule has 1 aromatic rings. The molecule has 0 unspecified atom stereocenters. The Balaban J connectivity index is 2.61. The van der Waals surface area contributed by atoms with Crippen molar-refractivity contribution in [3.63, 3.8) is 0 Å². The van der Waals surface area contributed by atoms with Crippen molar-refractivity contribution in [2.75, 3.05) is 5.88 Å². The van der Waals surface area contributed by atoms with E-state index in [9.17, 15) is 9.59 Å². The van der Waals surface area contributed by atoms with Gasteiger partial charge in [0.2, 0.25) is 5.91 Å². The normalized spacial score (nSPS) is 9.73. The summed E-state index contributed by atoms with van der Waals surface area (Å²) in [6.45, 7) is 1.93. The number of nitrogens with one attached hydrogen (secondary N) is 1. The Morgan fingerprint density at radius 1 is 1.27 bits per heavy atom. The van der Waals surface area contributed by atoms with Gasteiger partial charge >= 0.3 is 0 Å². The van der Waals surface area contributed by atoms with E-state index in [1.807, 2.05) is 19.1 Å². The van der Waals surface area contributed by atoms with Crippen LogP contribution in [0.15, 0.2) is 24.3 Å². The fourth-order valence-electron chi connectivity index (χ4n) is 1.05. The molecule has 0 radical (unpaired) electrons. The third-order valence-corrected chi connectivity index (χ3v) is 2.08. The lowest BCUT2D eigenvalue weighted by molar-refractivity contribution is -0.119. The molecule has 0 aliphatic heterocycles. The molecule has 0 bridgehead atoms. The van der Waals surface area contributed by atoms with Gasteiger partial charge in [-0.2, -0.15) is 0 Å². The number of carbonyl (C=O) groups excluding carboxylic acids is 2. The zero-order valence-electron chi connectivity index (χ0n) is 8.42. The van der Waals surface area contributed by atoms with Gasteiger partial charge in [0, 0.05) is 17.9 Å². The van der Waals surface area contributed by atoms with E-state index in [4.69, 9.17) is 11.6 Å². The van der Waals surface area contributed by atoms with E-state index in [-0.39, 0.29) is 24.1 Å². The summed E-state index contributed by atoms with van der Waals surface area (Å²) in [5.74, 6) is -0.520. The second-order valence-electron chi connectivity index (χ2n) is 3.18. The molecule has 1 N–H and O–H groups in total. The standard InChI is InChI=1S/C11H12ClNO2/c1-8-2-4-9(5-3-8)11(15)13-10(14)6-7-12/h2-5H,6-7H2,1H3,(H,13,14,15). The molecule has 0 aliphatic carbocycles. The SMILES string of the molecule is Cc1ccc(C(=O)NC(=O)CCCl)cc1. The fraction of sp³-hybridized carbons (Fsp3) is 0.273. The van der Waals surface area contributed by atoms with Gasteiger partial charge in [0.25, 0.3) is 5.91 Å². The van der Waals surface area contributed by atoms with Crippen LogP contribution in [0.4, 0.5) is 0 Å². The molecule has 0 saturated heterocycles. The lowest BCUT2D eigenvalue weighted by Gasteiger charge is -2.02. The quantitative estimate of drug-likeness (QED) is 0.799. The van der Waals surface area contributed by atoms with Crippen LogP contribution in [0, 0.1) is 6.92 Å². The van der Waals surface area contributed by atoms with Gasteiger partial charge < -0.3 is 0 Å². The van der Waals surface area contributed by atoms with Gasteiger partial charge in [-0.3, -0.25) is 14.9 Å². The van der Waals surface area contributed by atoms with Crippen molar-refractivity contribution in [3.05, 3.63) is 35.4 Å². The molecule has 0 aliphatic rings. The number of aryl methyl sites for hydroxylation is 1. The molecule has 3 nitrogen and oxygen atoms in total. The summed E-state index contributed by atoms with van der Waals surface area (Å²) in [6.07, 6.45) is 0.152. The number of amides is 2. The van der Waals surface area contributed by atoms with Gasteiger partial charge in [0.15, 0.2) is 0 Å². The smallest absolute Gasteiger partial charge is 0.257 e. The number of imide groups is 1. The molecule has 0 aromatic heterocycles. The van der Waals surface area contributed by atoms with Crippen LogP contribution in [-0.4, -0.2) is 17.7 Å². The molecule has 80 valence electrons. The largest absolute Gasteiger partial charge is 0.292 e. The number of hydrogen-bond acceptors (Lipinski definition) is 2. The first-order valence-corrected chi connectivity index (χ1v) is 5.13. The minimum absolute atomic E-state index is 0.152. The molecule has 4 heteroatoms. The van der Waals surface area contributed by atoms with Crippen molar-refractivity contribution in [1.29, 1.82) is 0 Å². The van der Waals surface area contributed by atoms with Crippen molar-refractivity contribution in [2.45, 2.75) is 13.3 Å². The molecule has 0 saturated carbocycles. The van der Waals surface area contributed by atoms with Crippen molar-refractivity contribution in [3.8, 4) is 0 Å². The third kappa shape index (κ3) is 3.72. The minimum atomic E-state index is -0.384. The van der Waals surface area contributed by atoms with Crippen LogP contribution in [0.2, 0.25) is 0 Å². The lowest BCUT2D eigenvalue weighted by atomic mass is 10.1. The summed E-state index contributed by atoms with van der Waals surface area (Å²) < 4.78 is 0. The predicted octanol–water partition coefficient (Wildman–Crippen LogP) is 1.88. The van der Waals surface area contributed by atoms with Crippen molar-refractivity contribution in [2.24, 2.45) is 0 Å². The number of benzene rings is 1. The second-order valence-corrected chi connectivity index (χ2v) is 3.56. The topological polar surface area (TPSA) is 46.2 Å². The van der Waals surface area contributed by atoms with Gasteiger partial charge in [-0.15, -0.1) is 11.6 Å². The van der Waals surface area contributed by atoms with E-state index in [2.05, 4.69) is 5.32 Å². The Morgan fingerprint density at radius 3 is 2.40 bits per heavy atom. The monoisotopic (exact) mass is 225 g/mol. The first kappa shape index (κ1) is 11.7. The van der Waals surface area contributed by atoms with Crippen LogP contribution in [0.5, 0.6) is 0 Å². The van der Waals surface area contributed by atoms with E-state index in [0.717, 1.165) is 5.56 Å². The average Bonchev–Trinajstić information content (AvgIpc) is 2.18. The predicted molar refractivity (Wildman–Crippen MR) is 59.0 cm³/mol. The van der Waals surface area contributed by atoms with Crippen LogP contribution in [-0.2, 0) is 4.79 Å². The van der Waals surface area contributed by atoms with Crippen LogP contribution < -0.4 is 5.32 Å². The highest BCUT2D eigenvalue weighted by Crippen LogP contribution is 2.02. The first-order valence-electron chi connectivity index (χ1n) is 4.60. The maximum atomic E-state index is 11.5. The van der Waals surface area contributed by atoms with Gasteiger partial charge in [0.1, 0.15) is 0 Å². The summed E-state index contributed by atoms with van der Waals surface area (Å²) in [6, 6.07) is 7.00. The number of hydrogen-bond donors (Lipinski definition) is 1. The number of rotatable bonds is 3. The van der Waals surface area contributed by atoms with E-state index < -0.39 is 0 Å². The minimum Gasteiger partial charge on any atom is -0.292 e. The highest BCUT2D eigenvalue weighted by molar-refractivity contribution is 6.19. The molecular formula is C11H12ClNO2. The number of halogens is 1. The highest BCUT2D eigenvalue weighted by Gasteiger charge is 2.08. The zero-order chi connectivity index (χ0) is 11.3. The number of alkyl halides is 1. The van der Waals surface area contributed by atoms with Crippen LogP contribution in [0.1, 0.15) is 22.3 Å². The first-order chi connectivity index (χ1) is 7.13. The summed E-state index contributed by atoms with van der Waals surface area (Å²) in [5.41, 5.74) is 1.54. The lowest BCUT2D eigenvalue weighted by Crippen LogP contribution is -2.30. The Morgan fingerprint density at radius 2 is 1.87 bits per heavy atom. The highest BCUT2D eigenvalue weighted by atomic mass is 35.5. The van der Waals surface area contributed by atoms with Gasteiger partial charge in [-0.05, 0) is 19.1 Å². The Bertz CT molecular complexity index is 359. The molecule has 2 amide bonds. The van der Waals surface area contributed by atoms with Crippen LogP contribution in [0.3, 0.4) is 0 Å². The van der Waals surface area contributed by atoms with Gasteiger partial charge in [-0.1, -0.05) is 17.7 Å². The van der Waals surface area contributed by atoms with Crippen LogP contribution >= 0.6 is 11.6 Å². The maximum Gasteiger partial charge on any atom is 0.257 e. The molecular weight excluding hydrogens is 214 g/mol. The maximum absolute atomic E-state index is 11.5. The summed E-state index contributed by atoms with van der Waals surface area (Å²) in [5, 5.41) is 2.25.